The van der Waals surface area contributed by atoms with E-state index in [9.17, 15) is 8.42 Å². The number of anilines is 1. The van der Waals surface area contributed by atoms with E-state index in [1.165, 1.54) is 6.07 Å². The number of aryl methyl sites for hydroxylation is 1. The van der Waals surface area contributed by atoms with Gasteiger partial charge in [0.25, 0.3) is 10.0 Å². The van der Waals surface area contributed by atoms with Crippen molar-refractivity contribution >= 4 is 15.8 Å². The van der Waals surface area contributed by atoms with Crippen LogP contribution in [0.2, 0.25) is 0 Å². The third-order valence-corrected chi connectivity index (χ3v) is 4.49. The zero-order valence-corrected chi connectivity index (χ0v) is 13.4. The zero-order valence-electron chi connectivity index (χ0n) is 12.6. The van der Waals surface area contributed by atoms with Gasteiger partial charge in [0.1, 0.15) is 5.76 Å². The molecule has 9 heteroatoms. The number of rotatable bonds is 5. The molecule has 0 amide bonds. The Balaban J connectivity index is 1.82. The number of nitrogens with one attached hydrogen (secondary N) is 1. The van der Waals surface area contributed by atoms with E-state index >= 15 is 0 Å². The number of sulfonamides is 1. The van der Waals surface area contributed by atoms with Crippen LogP contribution in [0.15, 0.2) is 46.2 Å². The van der Waals surface area contributed by atoms with Gasteiger partial charge in [0, 0.05) is 12.4 Å². The molecular weight excluding hydrogens is 318 g/mol. The molecule has 1 N–H and O–H groups in total. The summed E-state index contributed by atoms with van der Waals surface area (Å²) in [6.45, 7) is 3.89. The van der Waals surface area contributed by atoms with Crippen molar-refractivity contribution in [2.75, 3.05) is 4.72 Å². The minimum absolute atomic E-state index is 0.155. The van der Waals surface area contributed by atoms with Crippen molar-refractivity contribution in [3.05, 3.63) is 53.7 Å². The lowest BCUT2D eigenvalue weighted by Crippen LogP contribution is -2.13. The van der Waals surface area contributed by atoms with Crippen LogP contribution < -0.4 is 4.72 Å². The summed E-state index contributed by atoms with van der Waals surface area (Å²) in [6, 6.07) is 6.70. The molecule has 3 rings (SSSR count). The summed E-state index contributed by atoms with van der Waals surface area (Å²) in [4.78, 5) is 3.95. The highest BCUT2D eigenvalue weighted by molar-refractivity contribution is 7.92. The number of pyridine rings is 1. The Kier molecular flexibility index (Phi) is 3.87. The number of hydrogen-bond acceptors (Lipinski definition) is 6. The van der Waals surface area contributed by atoms with E-state index in [-0.39, 0.29) is 10.9 Å². The van der Waals surface area contributed by atoms with Crippen molar-refractivity contribution in [1.29, 1.82) is 0 Å². The van der Waals surface area contributed by atoms with Crippen molar-refractivity contribution < 1.29 is 12.8 Å². The predicted molar refractivity (Wildman–Crippen MR) is 82.4 cm³/mol. The van der Waals surface area contributed by atoms with Crippen LogP contribution in [0.3, 0.4) is 0 Å². The molecule has 0 bridgehead atoms. The van der Waals surface area contributed by atoms with E-state index in [0.29, 0.717) is 18.0 Å². The van der Waals surface area contributed by atoms with Gasteiger partial charge in [0.2, 0.25) is 5.09 Å². The van der Waals surface area contributed by atoms with Crippen LogP contribution in [0.1, 0.15) is 17.0 Å². The average Bonchev–Trinajstić information content (AvgIpc) is 3.10. The maximum atomic E-state index is 12.2. The first kappa shape index (κ1) is 15.2. The molecule has 0 aliphatic rings. The monoisotopic (exact) mass is 333 g/mol. The molecule has 23 heavy (non-hydrogen) atoms. The first-order valence-electron chi connectivity index (χ1n) is 6.84. The molecule has 0 unspecified atom stereocenters. The molecule has 3 heterocycles. The SMILES string of the molecule is Cc1ccc(S(=O)(=O)Nc2nnn(Cc3ccncc3)c2C)o1. The fourth-order valence-electron chi connectivity index (χ4n) is 2.00. The molecule has 0 aliphatic heterocycles. The van der Waals surface area contributed by atoms with Crippen LogP contribution in [0.25, 0.3) is 0 Å². The Hall–Kier alpha value is -2.68. The Morgan fingerprint density at radius 1 is 1.17 bits per heavy atom. The van der Waals surface area contributed by atoms with E-state index < -0.39 is 10.0 Å². The van der Waals surface area contributed by atoms with Crippen molar-refractivity contribution in [3.63, 3.8) is 0 Å². The summed E-state index contributed by atoms with van der Waals surface area (Å²) in [7, 11) is -3.82. The summed E-state index contributed by atoms with van der Waals surface area (Å²) in [6.07, 6.45) is 3.37. The lowest BCUT2D eigenvalue weighted by Gasteiger charge is -2.05. The molecule has 0 radical (unpaired) electrons. The molecule has 0 saturated carbocycles. The first-order chi connectivity index (χ1) is 11.0. The lowest BCUT2D eigenvalue weighted by molar-refractivity contribution is 0.430. The van der Waals surface area contributed by atoms with Crippen LogP contribution in [0.4, 0.5) is 5.82 Å². The average molecular weight is 333 g/mol. The second kappa shape index (κ2) is 5.84. The van der Waals surface area contributed by atoms with Crippen LogP contribution in [0, 0.1) is 13.8 Å². The molecular formula is C14H15N5O3S. The van der Waals surface area contributed by atoms with Crippen LogP contribution in [0.5, 0.6) is 0 Å². The summed E-state index contributed by atoms with van der Waals surface area (Å²) >= 11 is 0. The van der Waals surface area contributed by atoms with E-state index in [0.717, 1.165) is 5.56 Å². The van der Waals surface area contributed by atoms with Crippen molar-refractivity contribution in [2.24, 2.45) is 0 Å². The molecule has 0 saturated heterocycles. The van der Waals surface area contributed by atoms with E-state index in [4.69, 9.17) is 4.42 Å². The highest BCUT2D eigenvalue weighted by Crippen LogP contribution is 2.19. The largest absolute Gasteiger partial charge is 0.448 e. The Morgan fingerprint density at radius 3 is 2.57 bits per heavy atom. The van der Waals surface area contributed by atoms with Crippen molar-refractivity contribution in [3.8, 4) is 0 Å². The molecule has 0 aromatic carbocycles. The van der Waals surface area contributed by atoms with Gasteiger partial charge in [-0.3, -0.25) is 9.71 Å². The van der Waals surface area contributed by atoms with Gasteiger partial charge in [-0.15, -0.1) is 5.10 Å². The Labute approximate surface area is 133 Å². The Bertz CT molecular complexity index is 915. The summed E-state index contributed by atoms with van der Waals surface area (Å²) < 4.78 is 33.6. The number of furan rings is 1. The fraction of sp³-hybridized carbons (Fsp3) is 0.214. The molecule has 8 nitrogen and oxygen atoms in total. The third-order valence-electron chi connectivity index (χ3n) is 3.28. The smallest absolute Gasteiger partial charge is 0.296 e. The van der Waals surface area contributed by atoms with Crippen molar-refractivity contribution in [2.45, 2.75) is 25.5 Å². The van der Waals surface area contributed by atoms with Gasteiger partial charge in [-0.25, -0.2) is 4.68 Å². The third kappa shape index (κ3) is 3.24. The molecule has 0 aliphatic carbocycles. The lowest BCUT2D eigenvalue weighted by atomic mass is 10.3. The summed E-state index contributed by atoms with van der Waals surface area (Å²) in [5.41, 5.74) is 1.60. The van der Waals surface area contributed by atoms with Crippen LogP contribution in [-0.2, 0) is 16.6 Å². The molecule has 0 spiro atoms. The molecule has 3 aromatic rings. The quantitative estimate of drug-likeness (QED) is 0.763. The normalized spacial score (nSPS) is 11.6. The molecule has 120 valence electrons. The zero-order chi connectivity index (χ0) is 16.4. The molecule has 3 aromatic heterocycles. The van der Waals surface area contributed by atoms with Gasteiger partial charge in [-0.1, -0.05) is 5.21 Å². The van der Waals surface area contributed by atoms with E-state index in [1.54, 1.807) is 37.0 Å². The van der Waals surface area contributed by atoms with Gasteiger partial charge in [0.05, 0.1) is 12.2 Å². The summed E-state index contributed by atoms with van der Waals surface area (Å²) in [5.74, 6) is 0.691. The molecule has 0 atom stereocenters. The van der Waals surface area contributed by atoms with Crippen LogP contribution in [-0.4, -0.2) is 28.4 Å². The van der Waals surface area contributed by atoms with E-state index in [2.05, 4.69) is 20.0 Å². The topological polar surface area (TPSA) is 103 Å². The highest BCUT2D eigenvalue weighted by atomic mass is 32.2. The number of hydrogen-bond donors (Lipinski definition) is 1. The Morgan fingerprint density at radius 2 is 1.91 bits per heavy atom. The minimum Gasteiger partial charge on any atom is -0.448 e. The van der Waals surface area contributed by atoms with Gasteiger partial charge in [-0.2, -0.15) is 8.42 Å². The second-order valence-corrected chi connectivity index (χ2v) is 6.62. The predicted octanol–water partition coefficient (Wildman–Crippen LogP) is 1.73. The van der Waals surface area contributed by atoms with Gasteiger partial charge < -0.3 is 4.42 Å². The number of aromatic nitrogens is 4. The maximum absolute atomic E-state index is 12.2. The highest BCUT2D eigenvalue weighted by Gasteiger charge is 2.21. The minimum atomic E-state index is -3.82. The second-order valence-electron chi connectivity index (χ2n) is 5.01. The van der Waals surface area contributed by atoms with Gasteiger partial charge in [-0.05, 0) is 43.7 Å². The van der Waals surface area contributed by atoms with Gasteiger partial charge in [0.15, 0.2) is 5.82 Å². The molecule has 0 fully saturated rings. The van der Waals surface area contributed by atoms with Crippen molar-refractivity contribution in [1.82, 2.24) is 20.0 Å². The van der Waals surface area contributed by atoms with E-state index in [1.807, 2.05) is 12.1 Å². The fourth-order valence-corrected chi connectivity index (χ4v) is 3.03. The summed E-state index contributed by atoms with van der Waals surface area (Å²) in [5, 5.41) is 7.72. The first-order valence-corrected chi connectivity index (χ1v) is 8.32. The van der Waals surface area contributed by atoms with Gasteiger partial charge >= 0.3 is 0 Å². The van der Waals surface area contributed by atoms with Crippen LogP contribution >= 0.6 is 0 Å². The number of nitrogens with zero attached hydrogens (tertiary/aromatic N) is 4. The maximum Gasteiger partial charge on any atom is 0.296 e. The standard InChI is InChI=1S/C14H15N5O3S/c1-10-3-4-13(22-10)23(20,21)17-14-11(2)19(18-16-14)9-12-5-7-15-8-6-12/h3-8,17H,9H2,1-2H3.